The van der Waals surface area contributed by atoms with E-state index in [2.05, 4.69) is 29.1 Å². The second kappa shape index (κ2) is 7.61. The third-order valence-electron chi connectivity index (χ3n) is 3.63. The number of benzene rings is 1. The standard InChI is InChI=1S/C18H15Cl2N3O2S/c1-9(2)15-14(10-5-6-12(19)13(20)8-10)22-18(26-15)23-16-11(17(24)25)4-3-7-21-16/h3-9H,1-2H3,(H,24,25)(H,21,22,23). The third kappa shape index (κ3) is 3.82. The summed E-state index contributed by atoms with van der Waals surface area (Å²) in [6.45, 7) is 4.14. The summed E-state index contributed by atoms with van der Waals surface area (Å²) in [5.74, 6) is -0.564. The number of carboxylic acids is 1. The van der Waals surface area contributed by atoms with Gasteiger partial charge in [0.2, 0.25) is 0 Å². The Kier molecular flexibility index (Phi) is 5.46. The highest BCUT2D eigenvalue weighted by Crippen LogP contribution is 2.39. The summed E-state index contributed by atoms with van der Waals surface area (Å²) in [6, 6.07) is 8.45. The molecule has 26 heavy (non-hydrogen) atoms. The number of hydrogen-bond acceptors (Lipinski definition) is 5. The van der Waals surface area contributed by atoms with Crippen LogP contribution < -0.4 is 5.32 Å². The fourth-order valence-electron chi connectivity index (χ4n) is 2.41. The largest absolute Gasteiger partial charge is 0.478 e. The molecular weight excluding hydrogens is 393 g/mol. The van der Waals surface area contributed by atoms with E-state index in [4.69, 9.17) is 23.2 Å². The van der Waals surface area contributed by atoms with Crippen molar-refractivity contribution in [3.63, 3.8) is 0 Å². The van der Waals surface area contributed by atoms with E-state index in [0.29, 0.717) is 15.2 Å². The van der Waals surface area contributed by atoms with Crippen molar-refractivity contribution in [1.29, 1.82) is 0 Å². The average Bonchev–Trinajstić information content (AvgIpc) is 3.02. The van der Waals surface area contributed by atoms with E-state index in [1.807, 2.05) is 6.07 Å². The minimum atomic E-state index is -1.05. The lowest BCUT2D eigenvalue weighted by Crippen LogP contribution is -2.04. The Bertz CT molecular complexity index is 973. The molecule has 134 valence electrons. The van der Waals surface area contributed by atoms with Crippen molar-refractivity contribution in [2.45, 2.75) is 19.8 Å². The van der Waals surface area contributed by atoms with Gasteiger partial charge in [-0.3, -0.25) is 0 Å². The van der Waals surface area contributed by atoms with Crippen molar-refractivity contribution >= 4 is 51.5 Å². The van der Waals surface area contributed by atoms with Crippen LogP contribution in [0.25, 0.3) is 11.3 Å². The second-order valence-electron chi connectivity index (χ2n) is 5.85. The highest BCUT2D eigenvalue weighted by Gasteiger charge is 2.19. The molecule has 0 saturated carbocycles. The molecule has 0 aliphatic heterocycles. The third-order valence-corrected chi connectivity index (χ3v) is 5.64. The maximum Gasteiger partial charge on any atom is 0.339 e. The number of aromatic nitrogens is 2. The van der Waals surface area contributed by atoms with Crippen molar-refractivity contribution in [2.24, 2.45) is 0 Å². The Labute approximate surface area is 164 Å². The SMILES string of the molecule is CC(C)c1sc(Nc2ncccc2C(=O)O)nc1-c1ccc(Cl)c(Cl)c1. The molecule has 2 aromatic heterocycles. The van der Waals surface area contributed by atoms with Gasteiger partial charge < -0.3 is 10.4 Å². The molecule has 0 aliphatic rings. The first kappa shape index (κ1) is 18.6. The molecule has 2 heterocycles. The zero-order chi connectivity index (χ0) is 18.8. The number of carboxylic acid groups (broad SMARTS) is 1. The average molecular weight is 408 g/mol. The van der Waals surface area contributed by atoms with Crippen molar-refractivity contribution < 1.29 is 9.90 Å². The summed E-state index contributed by atoms with van der Waals surface area (Å²) in [5.41, 5.74) is 1.73. The zero-order valence-electron chi connectivity index (χ0n) is 14.0. The van der Waals surface area contributed by atoms with E-state index in [0.717, 1.165) is 16.1 Å². The highest BCUT2D eigenvalue weighted by molar-refractivity contribution is 7.16. The molecule has 0 radical (unpaired) electrons. The van der Waals surface area contributed by atoms with Gasteiger partial charge in [0.05, 0.1) is 15.7 Å². The molecule has 0 bridgehead atoms. The first-order valence-electron chi connectivity index (χ1n) is 7.78. The number of carbonyl (C=O) groups is 1. The molecule has 0 unspecified atom stereocenters. The smallest absolute Gasteiger partial charge is 0.339 e. The molecule has 0 atom stereocenters. The number of thiazole rings is 1. The summed E-state index contributed by atoms with van der Waals surface area (Å²) in [6.07, 6.45) is 1.53. The summed E-state index contributed by atoms with van der Waals surface area (Å²) in [5, 5.41) is 13.8. The van der Waals surface area contributed by atoms with E-state index in [1.165, 1.54) is 23.6 Å². The van der Waals surface area contributed by atoms with Crippen LogP contribution in [0.4, 0.5) is 10.9 Å². The van der Waals surface area contributed by atoms with Gasteiger partial charge in [-0.15, -0.1) is 11.3 Å². The van der Waals surface area contributed by atoms with Crippen LogP contribution in [0.15, 0.2) is 36.5 Å². The number of pyridine rings is 1. The predicted molar refractivity (Wildman–Crippen MR) is 106 cm³/mol. The molecule has 0 saturated heterocycles. The lowest BCUT2D eigenvalue weighted by Gasteiger charge is -2.06. The number of aromatic carboxylic acids is 1. The minimum Gasteiger partial charge on any atom is -0.478 e. The fourth-order valence-corrected chi connectivity index (χ4v) is 3.69. The highest BCUT2D eigenvalue weighted by atomic mass is 35.5. The molecule has 0 fully saturated rings. The van der Waals surface area contributed by atoms with Crippen molar-refractivity contribution in [2.75, 3.05) is 5.32 Å². The Hall–Kier alpha value is -2.15. The van der Waals surface area contributed by atoms with E-state index in [1.54, 1.807) is 18.2 Å². The fraction of sp³-hybridized carbons (Fsp3) is 0.167. The van der Waals surface area contributed by atoms with E-state index < -0.39 is 5.97 Å². The second-order valence-corrected chi connectivity index (χ2v) is 7.69. The van der Waals surface area contributed by atoms with Gasteiger partial charge in [-0.2, -0.15) is 0 Å². The first-order valence-corrected chi connectivity index (χ1v) is 9.35. The van der Waals surface area contributed by atoms with Gasteiger partial charge in [0.25, 0.3) is 0 Å². The molecule has 5 nitrogen and oxygen atoms in total. The Balaban J connectivity index is 2.03. The maximum atomic E-state index is 11.4. The summed E-state index contributed by atoms with van der Waals surface area (Å²) >= 11 is 13.6. The van der Waals surface area contributed by atoms with Crippen molar-refractivity contribution in [1.82, 2.24) is 9.97 Å². The van der Waals surface area contributed by atoms with Gasteiger partial charge in [-0.1, -0.05) is 43.1 Å². The number of nitrogens with zero attached hydrogens (tertiary/aromatic N) is 2. The molecule has 0 amide bonds. The van der Waals surface area contributed by atoms with Gasteiger partial charge in [0.1, 0.15) is 11.4 Å². The van der Waals surface area contributed by atoms with Gasteiger partial charge in [0.15, 0.2) is 5.13 Å². The number of nitrogens with one attached hydrogen (secondary N) is 1. The molecule has 8 heteroatoms. The quantitative estimate of drug-likeness (QED) is 0.535. The van der Waals surface area contributed by atoms with Gasteiger partial charge in [-0.05, 0) is 30.2 Å². The molecule has 1 aromatic carbocycles. The van der Waals surface area contributed by atoms with Crippen LogP contribution in [0, 0.1) is 0 Å². The van der Waals surface area contributed by atoms with Crippen LogP contribution in [0.3, 0.4) is 0 Å². The maximum absolute atomic E-state index is 11.4. The van der Waals surface area contributed by atoms with Crippen LogP contribution in [0.2, 0.25) is 10.0 Å². The van der Waals surface area contributed by atoms with E-state index >= 15 is 0 Å². The van der Waals surface area contributed by atoms with Crippen molar-refractivity contribution in [3.05, 3.63) is 57.0 Å². The van der Waals surface area contributed by atoms with Gasteiger partial charge >= 0.3 is 5.97 Å². The van der Waals surface area contributed by atoms with Gasteiger partial charge in [-0.25, -0.2) is 14.8 Å². The number of anilines is 2. The summed E-state index contributed by atoms with van der Waals surface area (Å²) in [7, 11) is 0. The number of rotatable bonds is 5. The molecule has 0 aliphatic carbocycles. The molecule has 3 aromatic rings. The minimum absolute atomic E-state index is 0.0879. The number of halogens is 2. The molecule has 0 spiro atoms. The van der Waals surface area contributed by atoms with E-state index in [-0.39, 0.29) is 17.3 Å². The van der Waals surface area contributed by atoms with Crippen LogP contribution in [-0.2, 0) is 0 Å². The lowest BCUT2D eigenvalue weighted by molar-refractivity contribution is 0.0697. The summed E-state index contributed by atoms with van der Waals surface area (Å²) in [4.78, 5) is 21.2. The zero-order valence-corrected chi connectivity index (χ0v) is 16.3. The molecule has 3 rings (SSSR count). The van der Waals surface area contributed by atoms with Crippen LogP contribution in [-0.4, -0.2) is 21.0 Å². The van der Waals surface area contributed by atoms with Crippen LogP contribution in [0.1, 0.15) is 35.0 Å². The lowest BCUT2D eigenvalue weighted by atomic mass is 10.1. The van der Waals surface area contributed by atoms with Gasteiger partial charge in [0, 0.05) is 16.6 Å². The monoisotopic (exact) mass is 407 g/mol. The Morgan fingerprint density at radius 2 is 2.00 bits per heavy atom. The first-order chi connectivity index (χ1) is 12.4. The Morgan fingerprint density at radius 1 is 1.23 bits per heavy atom. The van der Waals surface area contributed by atoms with Crippen LogP contribution in [0.5, 0.6) is 0 Å². The van der Waals surface area contributed by atoms with Crippen LogP contribution >= 0.6 is 34.5 Å². The van der Waals surface area contributed by atoms with E-state index in [9.17, 15) is 9.90 Å². The predicted octanol–water partition coefficient (Wildman–Crippen LogP) is 6.08. The molecular formula is C18H15Cl2N3O2S. The molecule has 2 N–H and O–H groups in total. The normalized spacial score (nSPS) is 11.0. The summed E-state index contributed by atoms with van der Waals surface area (Å²) < 4.78 is 0. The number of hydrogen-bond donors (Lipinski definition) is 2. The van der Waals surface area contributed by atoms with Crippen molar-refractivity contribution in [3.8, 4) is 11.3 Å². The Morgan fingerprint density at radius 3 is 2.65 bits per heavy atom. The topological polar surface area (TPSA) is 75.1 Å².